The molecule has 0 aliphatic carbocycles. The Morgan fingerprint density at radius 1 is 1.59 bits per heavy atom. The van der Waals surface area contributed by atoms with Crippen molar-refractivity contribution in [1.29, 1.82) is 0 Å². The minimum atomic E-state index is -0.300. The zero-order valence-corrected chi connectivity index (χ0v) is 11.0. The monoisotopic (exact) mass is 298 g/mol. The van der Waals surface area contributed by atoms with Crippen molar-refractivity contribution in [3.8, 4) is 0 Å². The van der Waals surface area contributed by atoms with Gasteiger partial charge in [-0.2, -0.15) is 0 Å². The molecule has 0 radical (unpaired) electrons. The first-order valence-electron chi connectivity index (χ1n) is 5.58. The predicted molar refractivity (Wildman–Crippen MR) is 69.6 cm³/mol. The Hall–Kier alpha value is -1.07. The Morgan fingerprint density at radius 2 is 2.35 bits per heavy atom. The van der Waals surface area contributed by atoms with Crippen molar-refractivity contribution in [1.82, 2.24) is 0 Å². The van der Waals surface area contributed by atoms with Crippen LogP contribution in [-0.4, -0.2) is 23.6 Å². The number of benzene rings is 1. The maximum Gasteiger partial charge on any atom is 0.240 e. The van der Waals surface area contributed by atoms with Gasteiger partial charge in [0, 0.05) is 22.3 Å². The average molecular weight is 299 g/mol. The van der Waals surface area contributed by atoms with Gasteiger partial charge in [-0.25, -0.2) is 0 Å². The van der Waals surface area contributed by atoms with E-state index in [1.807, 2.05) is 23.1 Å². The van der Waals surface area contributed by atoms with Crippen LogP contribution in [0.5, 0.6) is 0 Å². The molecule has 17 heavy (non-hydrogen) atoms. The number of hydrogen-bond acceptors (Lipinski definition) is 3. The summed E-state index contributed by atoms with van der Waals surface area (Å²) in [7, 11) is 0. The van der Waals surface area contributed by atoms with E-state index in [0.717, 1.165) is 35.1 Å². The summed E-state index contributed by atoms with van der Waals surface area (Å²) in [5, 5.41) is 9.34. The lowest BCUT2D eigenvalue weighted by Gasteiger charge is -2.26. The highest BCUT2D eigenvalue weighted by atomic mass is 79.9. The SMILES string of the molecule is NC(=O)C1CCCN1c1cc(Br)ccc1CO. The van der Waals surface area contributed by atoms with Crippen molar-refractivity contribution in [3.05, 3.63) is 28.2 Å². The first-order chi connectivity index (χ1) is 8.13. The smallest absolute Gasteiger partial charge is 0.240 e. The number of nitrogens with zero attached hydrogens (tertiary/aromatic N) is 1. The quantitative estimate of drug-likeness (QED) is 0.886. The van der Waals surface area contributed by atoms with E-state index in [1.54, 1.807) is 0 Å². The summed E-state index contributed by atoms with van der Waals surface area (Å²) in [6, 6.07) is 5.40. The highest BCUT2D eigenvalue weighted by molar-refractivity contribution is 9.10. The molecule has 1 heterocycles. The largest absolute Gasteiger partial charge is 0.392 e. The molecule has 1 saturated heterocycles. The van der Waals surface area contributed by atoms with Crippen LogP contribution in [0.2, 0.25) is 0 Å². The first kappa shape index (κ1) is 12.4. The molecular formula is C12H15BrN2O2. The summed E-state index contributed by atoms with van der Waals surface area (Å²) in [6.07, 6.45) is 1.73. The Morgan fingerprint density at radius 3 is 3.00 bits per heavy atom. The standard InChI is InChI=1S/C12H15BrN2O2/c13-9-4-3-8(7-16)11(6-9)15-5-1-2-10(15)12(14)17/h3-4,6,10,16H,1-2,5,7H2,(H2,14,17). The van der Waals surface area contributed by atoms with Crippen LogP contribution in [-0.2, 0) is 11.4 Å². The molecule has 1 amide bonds. The molecule has 0 spiro atoms. The Bertz CT molecular complexity index is 437. The number of aliphatic hydroxyl groups is 1. The predicted octanol–water partition coefficient (Wildman–Crippen LogP) is 1.40. The third-order valence-corrected chi connectivity index (χ3v) is 3.60. The van der Waals surface area contributed by atoms with Crippen molar-refractivity contribution in [2.45, 2.75) is 25.5 Å². The van der Waals surface area contributed by atoms with Gasteiger partial charge in [-0.3, -0.25) is 4.79 Å². The second-order valence-electron chi connectivity index (χ2n) is 4.18. The third-order valence-electron chi connectivity index (χ3n) is 3.11. The van der Waals surface area contributed by atoms with E-state index < -0.39 is 0 Å². The molecule has 92 valence electrons. The molecule has 1 aromatic rings. The summed E-state index contributed by atoms with van der Waals surface area (Å²) in [6.45, 7) is 0.766. The van der Waals surface area contributed by atoms with Crippen molar-refractivity contribution in [2.75, 3.05) is 11.4 Å². The van der Waals surface area contributed by atoms with Gasteiger partial charge in [0.15, 0.2) is 0 Å². The highest BCUT2D eigenvalue weighted by Crippen LogP contribution is 2.31. The van der Waals surface area contributed by atoms with Crippen LogP contribution in [0.1, 0.15) is 18.4 Å². The number of aliphatic hydroxyl groups excluding tert-OH is 1. The fourth-order valence-electron chi connectivity index (χ4n) is 2.29. The van der Waals surface area contributed by atoms with E-state index in [4.69, 9.17) is 5.73 Å². The van der Waals surface area contributed by atoms with Gasteiger partial charge >= 0.3 is 0 Å². The average Bonchev–Trinajstić information content (AvgIpc) is 2.77. The van der Waals surface area contributed by atoms with E-state index >= 15 is 0 Å². The lowest BCUT2D eigenvalue weighted by atomic mass is 10.1. The molecule has 0 saturated carbocycles. The lowest BCUT2D eigenvalue weighted by Crippen LogP contribution is -2.40. The van der Waals surface area contributed by atoms with Crippen molar-refractivity contribution in [2.24, 2.45) is 5.73 Å². The zero-order chi connectivity index (χ0) is 12.4. The molecule has 0 bridgehead atoms. The third kappa shape index (κ3) is 2.45. The lowest BCUT2D eigenvalue weighted by molar-refractivity contribution is -0.119. The van der Waals surface area contributed by atoms with E-state index in [9.17, 15) is 9.90 Å². The van der Waals surface area contributed by atoms with E-state index in [2.05, 4.69) is 15.9 Å². The van der Waals surface area contributed by atoms with Crippen LogP contribution < -0.4 is 10.6 Å². The van der Waals surface area contributed by atoms with Crippen LogP contribution in [0.15, 0.2) is 22.7 Å². The van der Waals surface area contributed by atoms with Gasteiger partial charge in [0.1, 0.15) is 6.04 Å². The highest BCUT2D eigenvalue weighted by Gasteiger charge is 2.30. The summed E-state index contributed by atoms with van der Waals surface area (Å²) >= 11 is 3.41. The molecule has 1 aromatic carbocycles. The van der Waals surface area contributed by atoms with Gasteiger partial charge in [-0.1, -0.05) is 22.0 Å². The van der Waals surface area contributed by atoms with Crippen LogP contribution in [0.25, 0.3) is 0 Å². The van der Waals surface area contributed by atoms with Gasteiger partial charge in [0.2, 0.25) is 5.91 Å². The van der Waals surface area contributed by atoms with Gasteiger partial charge in [-0.05, 0) is 25.0 Å². The number of amides is 1. The number of carbonyl (C=O) groups is 1. The van der Waals surface area contributed by atoms with Crippen LogP contribution in [0.3, 0.4) is 0 Å². The van der Waals surface area contributed by atoms with Crippen LogP contribution in [0, 0.1) is 0 Å². The molecule has 2 rings (SSSR count). The summed E-state index contributed by atoms with van der Waals surface area (Å²) in [4.78, 5) is 13.4. The Labute approximate surface area is 109 Å². The van der Waals surface area contributed by atoms with Crippen LogP contribution in [0.4, 0.5) is 5.69 Å². The zero-order valence-electron chi connectivity index (χ0n) is 9.40. The summed E-state index contributed by atoms with van der Waals surface area (Å²) < 4.78 is 0.930. The fraction of sp³-hybridized carbons (Fsp3) is 0.417. The van der Waals surface area contributed by atoms with E-state index in [0.29, 0.717) is 0 Å². The molecule has 1 aliphatic heterocycles. The summed E-state index contributed by atoms with van der Waals surface area (Å²) in [5.41, 5.74) is 7.11. The number of rotatable bonds is 3. The molecule has 1 unspecified atom stereocenters. The normalized spacial score (nSPS) is 19.6. The van der Waals surface area contributed by atoms with Gasteiger partial charge in [0.25, 0.3) is 0 Å². The van der Waals surface area contributed by atoms with E-state index in [-0.39, 0.29) is 18.6 Å². The second-order valence-corrected chi connectivity index (χ2v) is 5.10. The number of hydrogen-bond donors (Lipinski definition) is 2. The first-order valence-corrected chi connectivity index (χ1v) is 6.38. The molecule has 4 nitrogen and oxygen atoms in total. The topological polar surface area (TPSA) is 66.6 Å². The maximum atomic E-state index is 11.4. The maximum absolute atomic E-state index is 11.4. The van der Waals surface area contributed by atoms with E-state index in [1.165, 1.54) is 0 Å². The number of anilines is 1. The Kier molecular flexibility index (Phi) is 3.69. The molecule has 1 fully saturated rings. The molecule has 0 aromatic heterocycles. The van der Waals surface area contributed by atoms with Crippen molar-refractivity contribution in [3.63, 3.8) is 0 Å². The number of primary amides is 1. The molecular weight excluding hydrogens is 284 g/mol. The molecule has 5 heteroatoms. The van der Waals surface area contributed by atoms with Crippen molar-refractivity contribution < 1.29 is 9.90 Å². The van der Waals surface area contributed by atoms with Gasteiger partial charge in [-0.15, -0.1) is 0 Å². The van der Waals surface area contributed by atoms with Crippen LogP contribution >= 0.6 is 15.9 Å². The van der Waals surface area contributed by atoms with Crippen molar-refractivity contribution >= 4 is 27.5 Å². The fourth-order valence-corrected chi connectivity index (χ4v) is 2.64. The number of halogens is 1. The van der Waals surface area contributed by atoms with Gasteiger partial charge in [0.05, 0.1) is 6.61 Å². The molecule has 3 N–H and O–H groups in total. The minimum Gasteiger partial charge on any atom is -0.392 e. The molecule has 1 aliphatic rings. The minimum absolute atomic E-state index is 0.0371. The molecule has 1 atom stereocenters. The second kappa shape index (κ2) is 5.06. The number of nitrogens with two attached hydrogens (primary N) is 1. The van der Waals surface area contributed by atoms with Gasteiger partial charge < -0.3 is 15.7 Å². The number of carbonyl (C=O) groups excluding carboxylic acids is 1. The summed E-state index contributed by atoms with van der Waals surface area (Å²) in [5.74, 6) is -0.300. The Balaban J connectivity index is 2.38.